The minimum absolute atomic E-state index is 0.201. The fourth-order valence-corrected chi connectivity index (χ4v) is 1.20. The highest BCUT2D eigenvalue weighted by Gasteiger charge is 2.05. The fraction of sp³-hybridized carbons (Fsp3) is 0.188. The maximum atomic E-state index is 10.2. The normalized spacial score (nSPS) is 9.62. The van der Waals surface area contributed by atoms with Gasteiger partial charge in [0.2, 0.25) is 0 Å². The van der Waals surface area contributed by atoms with E-state index in [9.17, 15) is 13.2 Å². The first-order chi connectivity index (χ1) is 11.3. The highest BCUT2D eigenvalue weighted by atomic mass is 32.2. The molecule has 0 aliphatic carbocycles. The Bertz CT molecular complexity index is 635. The van der Waals surface area contributed by atoms with E-state index in [1.54, 1.807) is 30.3 Å². The zero-order valence-corrected chi connectivity index (χ0v) is 14.0. The van der Waals surface area contributed by atoms with Crippen molar-refractivity contribution in [2.45, 2.75) is 6.92 Å². The lowest BCUT2D eigenvalue weighted by molar-refractivity contribution is -0.136. The summed E-state index contributed by atoms with van der Waals surface area (Å²) in [6, 6.07) is 20.5. The van der Waals surface area contributed by atoms with Gasteiger partial charge in [0.05, 0.1) is 11.4 Å². The molecular weight excluding hydrogens is 334 g/mol. The van der Waals surface area contributed by atoms with Crippen LogP contribution in [0.25, 0.3) is 0 Å². The third kappa shape index (κ3) is 13.3. The average Bonchev–Trinajstić information content (AvgIpc) is 2.57. The maximum Gasteiger partial charge on any atom is 0.325 e. The summed E-state index contributed by atoms with van der Waals surface area (Å²) in [5.41, 5.74) is 0.472. The van der Waals surface area contributed by atoms with E-state index < -0.39 is 22.6 Å². The smallest absolute Gasteiger partial charge is 0.325 e. The Hall–Kier alpha value is -2.42. The van der Waals surface area contributed by atoms with E-state index in [1.807, 2.05) is 36.4 Å². The van der Waals surface area contributed by atoms with Crippen LogP contribution in [0.15, 0.2) is 66.7 Å². The van der Waals surface area contributed by atoms with Crippen LogP contribution in [0.5, 0.6) is 0 Å². The summed E-state index contributed by atoms with van der Waals surface area (Å²) < 4.78 is 26.9. The van der Waals surface area contributed by atoms with E-state index in [-0.39, 0.29) is 5.75 Å². The first-order valence-corrected chi connectivity index (χ1v) is 8.55. The van der Waals surface area contributed by atoms with Gasteiger partial charge in [-0.25, -0.2) is 5.06 Å². The molecule has 0 saturated carbocycles. The third-order valence-corrected chi connectivity index (χ3v) is 3.10. The van der Waals surface area contributed by atoms with Gasteiger partial charge < -0.3 is 5.11 Å². The van der Waals surface area contributed by atoms with Gasteiger partial charge in [0.1, 0.15) is 6.54 Å². The van der Waals surface area contributed by atoms with E-state index in [1.165, 1.54) is 6.92 Å². The number of aliphatic carboxylic acids is 1. The number of para-hydroxylation sites is 1. The second-order valence-corrected chi connectivity index (χ2v) is 6.05. The van der Waals surface area contributed by atoms with Crippen molar-refractivity contribution in [3.63, 3.8) is 0 Å². The van der Waals surface area contributed by atoms with Crippen molar-refractivity contribution >= 4 is 21.8 Å². The van der Waals surface area contributed by atoms with Gasteiger partial charge in [-0.1, -0.05) is 54.6 Å². The van der Waals surface area contributed by atoms with Gasteiger partial charge in [-0.3, -0.25) is 14.6 Å². The van der Waals surface area contributed by atoms with Crippen LogP contribution in [0.2, 0.25) is 0 Å². The Morgan fingerprint density at radius 2 is 1.29 bits per heavy atom. The first kappa shape index (κ1) is 21.6. The summed E-state index contributed by atoms with van der Waals surface area (Å²) in [5.74, 6) is -1.27. The summed E-state index contributed by atoms with van der Waals surface area (Å²) in [6.45, 7) is 0.958. The van der Waals surface area contributed by atoms with Crippen molar-refractivity contribution in [2.24, 2.45) is 0 Å². The minimum Gasteiger partial charge on any atom is -0.480 e. The molecule has 0 atom stereocenters. The van der Waals surface area contributed by atoms with Crippen molar-refractivity contribution in [1.82, 2.24) is 0 Å². The Morgan fingerprint density at radius 3 is 1.58 bits per heavy atom. The molecule has 3 N–H and O–H groups in total. The zero-order valence-electron chi connectivity index (χ0n) is 13.2. The van der Waals surface area contributed by atoms with Crippen LogP contribution in [-0.4, -0.2) is 41.6 Å². The molecule has 8 heteroatoms. The van der Waals surface area contributed by atoms with Crippen LogP contribution in [0.1, 0.15) is 6.92 Å². The van der Waals surface area contributed by atoms with Crippen LogP contribution in [-0.2, 0) is 14.9 Å². The Labute approximate surface area is 141 Å². The number of hydrogen-bond acceptors (Lipinski definition) is 5. The number of carbonyl (C=O) groups is 1. The van der Waals surface area contributed by atoms with Gasteiger partial charge >= 0.3 is 5.97 Å². The van der Waals surface area contributed by atoms with E-state index >= 15 is 0 Å². The van der Waals surface area contributed by atoms with E-state index in [4.69, 9.17) is 14.9 Å². The third-order valence-electron chi connectivity index (χ3n) is 2.37. The lowest BCUT2D eigenvalue weighted by atomic mass is 10.3. The molecule has 0 radical (unpaired) electrons. The molecule has 2 aromatic rings. The quantitative estimate of drug-likeness (QED) is 0.570. The van der Waals surface area contributed by atoms with Gasteiger partial charge in [-0.2, -0.15) is 8.42 Å². The molecule has 0 bridgehead atoms. The van der Waals surface area contributed by atoms with Crippen LogP contribution in [0.3, 0.4) is 0 Å². The van der Waals surface area contributed by atoms with Crippen LogP contribution in [0, 0.1) is 0 Å². The molecule has 0 heterocycles. The first-order valence-electron chi connectivity index (χ1n) is 6.94. The Kier molecular flexibility index (Phi) is 10.8. The molecule has 2 aromatic carbocycles. The number of anilines is 1. The van der Waals surface area contributed by atoms with Crippen LogP contribution in [0.4, 0.5) is 5.69 Å². The molecule has 0 aliphatic heterocycles. The minimum atomic E-state index is -3.66. The molecule has 132 valence electrons. The molecule has 0 spiro atoms. The second kappa shape index (κ2) is 12.1. The second-order valence-electron chi connectivity index (χ2n) is 4.31. The van der Waals surface area contributed by atoms with Gasteiger partial charge in [0.15, 0.2) is 0 Å². The van der Waals surface area contributed by atoms with Crippen LogP contribution >= 0.6 is 0 Å². The predicted octanol–water partition coefficient (Wildman–Crippen LogP) is 2.55. The van der Waals surface area contributed by atoms with Crippen molar-refractivity contribution in [2.75, 3.05) is 17.4 Å². The van der Waals surface area contributed by atoms with Crippen molar-refractivity contribution < 1.29 is 28.1 Å². The number of hydrogen-bond donors (Lipinski definition) is 3. The number of benzene rings is 2. The molecule has 0 saturated heterocycles. The summed E-state index contributed by atoms with van der Waals surface area (Å²) in [4.78, 5) is 10.2. The highest BCUT2D eigenvalue weighted by Crippen LogP contribution is 2.09. The Morgan fingerprint density at radius 1 is 0.958 bits per heavy atom. The molecule has 0 aromatic heterocycles. The van der Waals surface area contributed by atoms with Gasteiger partial charge in [-0.05, 0) is 19.1 Å². The summed E-state index contributed by atoms with van der Waals surface area (Å²) >= 11 is 0. The highest BCUT2D eigenvalue weighted by molar-refractivity contribution is 7.85. The zero-order chi connectivity index (χ0) is 18.4. The number of rotatable bonds is 4. The summed E-state index contributed by atoms with van der Waals surface area (Å²) in [7, 11) is -3.66. The SMILES string of the molecule is CCS(=O)(=O)O.O=C(O)CN(O)c1ccccc1.c1ccccc1. The van der Waals surface area contributed by atoms with E-state index in [0.29, 0.717) is 10.8 Å². The Balaban J connectivity index is 0.000000371. The summed E-state index contributed by atoms with van der Waals surface area (Å²) in [6.07, 6.45) is 0. The van der Waals surface area contributed by atoms with Gasteiger partial charge in [0.25, 0.3) is 10.1 Å². The maximum absolute atomic E-state index is 10.2. The van der Waals surface area contributed by atoms with Crippen molar-refractivity contribution in [1.29, 1.82) is 0 Å². The van der Waals surface area contributed by atoms with E-state index in [2.05, 4.69) is 0 Å². The lowest BCUT2D eigenvalue weighted by Gasteiger charge is -2.13. The molecule has 0 unspecified atom stereocenters. The monoisotopic (exact) mass is 355 g/mol. The largest absolute Gasteiger partial charge is 0.480 e. The van der Waals surface area contributed by atoms with Crippen LogP contribution < -0.4 is 5.06 Å². The number of nitrogens with zero attached hydrogens (tertiary/aromatic N) is 1. The molecule has 0 fully saturated rings. The molecule has 24 heavy (non-hydrogen) atoms. The number of carboxylic acids is 1. The number of hydroxylamine groups is 1. The number of carboxylic acid groups (broad SMARTS) is 1. The van der Waals surface area contributed by atoms with Gasteiger partial charge in [0, 0.05) is 0 Å². The average molecular weight is 355 g/mol. The van der Waals surface area contributed by atoms with Crippen molar-refractivity contribution in [3.05, 3.63) is 66.7 Å². The molecule has 0 amide bonds. The molecule has 2 rings (SSSR count). The van der Waals surface area contributed by atoms with Gasteiger partial charge in [-0.15, -0.1) is 0 Å². The molecule has 7 nitrogen and oxygen atoms in total. The predicted molar refractivity (Wildman–Crippen MR) is 91.7 cm³/mol. The van der Waals surface area contributed by atoms with E-state index in [0.717, 1.165) is 0 Å². The molecular formula is C16H21NO6S. The lowest BCUT2D eigenvalue weighted by Crippen LogP contribution is -2.25. The summed E-state index contributed by atoms with van der Waals surface area (Å²) in [5, 5.41) is 18.2. The standard InChI is InChI=1S/C8H9NO3.C6H6.C2H6O3S/c10-8(11)6-9(12)7-4-2-1-3-5-7;1-2-4-6-5-3-1;1-2-6(3,4)5/h1-5,12H,6H2,(H,10,11);1-6H;2H2,1H3,(H,3,4,5). The topological polar surface area (TPSA) is 115 Å². The van der Waals surface area contributed by atoms with Crippen molar-refractivity contribution in [3.8, 4) is 0 Å². The molecule has 0 aliphatic rings. The fourth-order valence-electron chi connectivity index (χ4n) is 1.20.